The number of benzene rings is 1. The highest BCUT2D eigenvalue weighted by Gasteiger charge is 2.44. The molecule has 2 rings (SSSR count). The van der Waals surface area contributed by atoms with E-state index in [1.54, 1.807) is 0 Å². The maximum absolute atomic E-state index is 13.6. The molecule has 21 heavy (non-hydrogen) atoms. The number of hydrogen-bond donors (Lipinski definition) is 1. The van der Waals surface area contributed by atoms with Crippen molar-refractivity contribution < 1.29 is 18.7 Å². The van der Waals surface area contributed by atoms with Gasteiger partial charge in [0.1, 0.15) is 11.4 Å². The molecule has 1 aliphatic heterocycles. The molecule has 1 aliphatic rings. The predicted octanol–water partition coefficient (Wildman–Crippen LogP) is 3.05. The van der Waals surface area contributed by atoms with Crippen LogP contribution in [0.1, 0.15) is 31.7 Å². The summed E-state index contributed by atoms with van der Waals surface area (Å²) in [6, 6.07) is 4.67. The smallest absolute Gasteiger partial charge is 0.331 e. The Balaban J connectivity index is 2.29. The second-order valence-corrected chi connectivity index (χ2v) is 5.57. The van der Waals surface area contributed by atoms with Crippen LogP contribution in [-0.2, 0) is 14.3 Å². The van der Waals surface area contributed by atoms with Gasteiger partial charge in [-0.1, -0.05) is 6.92 Å². The van der Waals surface area contributed by atoms with Gasteiger partial charge in [0.2, 0.25) is 0 Å². The molecule has 0 spiro atoms. The maximum Gasteiger partial charge on any atom is 0.331 e. The topological polar surface area (TPSA) is 47.6 Å². The van der Waals surface area contributed by atoms with Crippen molar-refractivity contribution in [1.82, 2.24) is 0 Å². The Hall–Kier alpha value is -1.62. The first-order chi connectivity index (χ1) is 9.99. The van der Waals surface area contributed by atoms with Gasteiger partial charge in [-0.25, -0.2) is 9.18 Å². The summed E-state index contributed by atoms with van der Waals surface area (Å²) in [6.07, 6.45) is 1.85. The molecule has 0 bridgehead atoms. The lowest BCUT2D eigenvalue weighted by molar-refractivity contribution is -0.151. The van der Waals surface area contributed by atoms with Gasteiger partial charge in [0.05, 0.1) is 13.2 Å². The van der Waals surface area contributed by atoms with Gasteiger partial charge in [-0.3, -0.25) is 0 Å². The van der Waals surface area contributed by atoms with Crippen LogP contribution in [0.15, 0.2) is 18.2 Å². The van der Waals surface area contributed by atoms with Crippen LogP contribution >= 0.6 is 0 Å². The minimum Gasteiger partial charge on any atom is -0.467 e. The van der Waals surface area contributed by atoms with E-state index in [1.807, 2.05) is 19.9 Å². The zero-order chi connectivity index (χ0) is 15.5. The van der Waals surface area contributed by atoms with Crippen molar-refractivity contribution in [2.45, 2.75) is 44.8 Å². The Bertz CT molecular complexity index is 500. The molecule has 1 saturated heterocycles. The van der Waals surface area contributed by atoms with Crippen LogP contribution in [0.4, 0.5) is 10.1 Å². The van der Waals surface area contributed by atoms with Gasteiger partial charge in [-0.2, -0.15) is 0 Å². The summed E-state index contributed by atoms with van der Waals surface area (Å²) >= 11 is 0. The van der Waals surface area contributed by atoms with Crippen LogP contribution in [0.2, 0.25) is 0 Å². The van der Waals surface area contributed by atoms with Crippen molar-refractivity contribution >= 4 is 11.7 Å². The third-order valence-electron chi connectivity index (χ3n) is 3.92. The van der Waals surface area contributed by atoms with Gasteiger partial charge in [0, 0.05) is 25.1 Å². The molecule has 0 radical (unpaired) electrons. The summed E-state index contributed by atoms with van der Waals surface area (Å²) in [5.74, 6) is -0.650. The maximum atomic E-state index is 13.6. The number of rotatable bonds is 4. The van der Waals surface area contributed by atoms with E-state index in [-0.39, 0.29) is 17.9 Å². The zero-order valence-electron chi connectivity index (χ0n) is 12.7. The second kappa shape index (κ2) is 6.43. The highest BCUT2D eigenvalue weighted by molar-refractivity contribution is 5.84. The molecule has 0 amide bonds. The Morgan fingerprint density at radius 3 is 2.90 bits per heavy atom. The van der Waals surface area contributed by atoms with Crippen molar-refractivity contribution in [3.63, 3.8) is 0 Å². The van der Waals surface area contributed by atoms with Gasteiger partial charge >= 0.3 is 5.97 Å². The molecular formula is C16H22FNO3. The van der Waals surface area contributed by atoms with E-state index in [0.717, 1.165) is 12.0 Å². The average molecular weight is 295 g/mol. The molecule has 1 fully saturated rings. The van der Waals surface area contributed by atoms with Crippen LogP contribution in [0, 0.1) is 12.7 Å². The van der Waals surface area contributed by atoms with Crippen molar-refractivity contribution in [3.8, 4) is 0 Å². The number of methoxy groups -OCH3 is 1. The number of esters is 1. The fourth-order valence-electron chi connectivity index (χ4n) is 2.84. The monoisotopic (exact) mass is 295 g/mol. The first-order valence-corrected chi connectivity index (χ1v) is 7.24. The van der Waals surface area contributed by atoms with E-state index in [2.05, 4.69) is 5.32 Å². The number of halogens is 1. The summed E-state index contributed by atoms with van der Waals surface area (Å²) in [4.78, 5) is 12.3. The molecule has 4 nitrogen and oxygen atoms in total. The minimum absolute atomic E-state index is 0.00000567. The second-order valence-electron chi connectivity index (χ2n) is 5.57. The summed E-state index contributed by atoms with van der Waals surface area (Å²) in [6.45, 7) is 4.32. The largest absolute Gasteiger partial charge is 0.467 e. The molecular weight excluding hydrogens is 273 g/mol. The van der Waals surface area contributed by atoms with E-state index in [1.165, 1.54) is 19.2 Å². The minimum atomic E-state index is -0.853. The lowest BCUT2D eigenvalue weighted by Gasteiger charge is -2.39. The number of hydrogen-bond acceptors (Lipinski definition) is 4. The predicted molar refractivity (Wildman–Crippen MR) is 78.8 cm³/mol. The molecule has 1 heterocycles. The zero-order valence-corrected chi connectivity index (χ0v) is 12.7. The van der Waals surface area contributed by atoms with Crippen molar-refractivity contribution in [1.29, 1.82) is 0 Å². The lowest BCUT2D eigenvalue weighted by Crippen LogP contribution is -2.53. The van der Waals surface area contributed by atoms with Gasteiger partial charge in [-0.15, -0.1) is 0 Å². The molecule has 0 saturated carbocycles. The van der Waals surface area contributed by atoms with Crippen LogP contribution in [0.5, 0.6) is 0 Å². The highest BCUT2D eigenvalue weighted by atomic mass is 19.1. The number of carbonyl (C=O) groups excluding carboxylic acids is 1. The van der Waals surface area contributed by atoms with Crippen LogP contribution in [-0.4, -0.2) is 31.3 Å². The third-order valence-corrected chi connectivity index (χ3v) is 3.92. The van der Waals surface area contributed by atoms with Crippen LogP contribution in [0.3, 0.4) is 0 Å². The number of anilines is 1. The number of carbonyl (C=O) groups is 1. The summed E-state index contributed by atoms with van der Waals surface area (Å²) in [7, 11) is 1.37. The standard InChI is InChI=1S/C16H22FNO3/c1-4-14-10-16(5-6-21-14,15(19)20-3)18-13-8-11(2)7-12(17)9-13/h7-9,14,18H,4-6,10H2,1-3H3. The van der Waals surface area contributed by atoms with Crippen LogP contribution < -0.4 is 5.32 Å². The van der Waals surface area contributed by atoms with Gasteiger partial charge < -0.3 is 14.8 Å². The lowest BCUT2D eigenvalue weighted by atomic mass is 9.85. The Labute approximate surface area is 124 Å². The molecule has 0 aliphatic carbocycles. The SMILES string of the molecule is CCC1CC(Nc2cc(C)cc(F)c2)(C(=O)OC)CCO1. The van der Waals surface area contributed by atoms with Gasteiger partial charge in [-0.05, 0) is 37.1 Å². The molecule has 0 aromatic heterocycles. The van der Waals surface area contributed by atoms with E-state index in [0.29, 0.717) is 25.1 Å². The van der Waals surface area contributed by atoms with E-state index < -0.39 is 5.54 Å². The molecule has 116 valence electrons. The number of ether oxygens (including phenoxy) is 2. The molecule has 2 unspecified atom stereocenters. The van der Waals surface area contributed by atoms with Crippen molar-refractivity contribution in [3.05, 3.63) is 29.6 Å². The highest BCUT2D eigenvalue weighted by Crippen LogP contribution is 2.32. The third kappa shape index (κ3) is 3.53. The average Bonchev–Trinajstić information content (AvgIpc) is 2.45. The number of nitrogens with one attached hydrogen (secondary N) is 1. The first kappa shape index (κ1) is 15.8. The first-order valence-electron chi connectivity index (χ1n) is 7.24. The van der Waals surface area contributed by atoms with Gasteiger partial charge in [0.25, 0.3) is 0 Å². The Morgan fingerprint density at radius 2 is 2.29 bits per heavy atom. The summed E-state index contributed by atoms with van der Waals surface area (Å²) < 4.78 is 24.2. The van der Waals surface area contributed by atoms with E-state index >= 15 is 0 Å². The molecule has 5 heteroatoms. The molecule has 1 aromatic rings. The van der Waals surface area contributed by atoms with E-state index in [4.69, 9.17) is 9.47 Å². The molecule has 1 N–H and O–H groups in total. The molecule has 1 aromatic carbocycles. The Morgan fingerprint density at radius 1 is 1.52 bits per heavy atom. The number of aryl methyl sites for hydroxylation is 1. The summed E-state index contributed by atoms with van der Waals surface area (Å²) in [5, 5.41) is 3.20. The van der Waals surface area contributed by atoms with Gasteiger partial charge in [0.15, 0.2) is 0 Å². The summed E-state index contributed by atoms with van der Waals surface area (Å²) in [5.41, 5.74) is 0.541. The molecule has 2 atom stereocenters. The fraction of sp³-hybridized carbons (Fsp3) is 0.562. The van der Waals surface area contributed by atoms with Crippen LogP contribution in [0.25, 0.3) is 0 Å². The fourth-order valence-corrected chi connectivity index (χ4v) is 2.84. The quantitative estimate of drug-likeness (QED) is 0.867. The Kier molecular flexibility index (Phi) is 4.83. The van der Waals surface area contributed by atoms with Crippen molar-refractivity contribution in [2.75, 3.05) is 19.0 Å². The van der Waals surface area contributed by atoms with E-state index in [9.17, 15) is 9.18 Å². The van der Waals surface area contributed by atoms with Crippen molar-refractivity contribution in [2.24, 2.45) is 0 Å². The normalized spacial score (nSPS) is 25.4.